The predicted molar refractivity (Wildman–Crippen MR) is 68.1 cm³/mol. The van der Waals surface area contributed by atoms with E-state index >= 15 is 0 Å². The van der Waals surface area contributed by atoms with E-state index in [4.69, 9.17) is 4.74 Å². The number of esters is 1. The molecule has 19 heavy (non-hydrogen) atoms. The van der Waals surface area contributed by atoms with Crippen molar-refractivity contribution in [3.8, 4) is 0 Å². The summed E-state index contributed by atoms with van der Waals surface area (Å²) in [4.78, 5) is 11.7. The summed E-state index contributed by atoms with van der Waals surface area (Å²) in [5.41, 5.74) is 0.931. The Kier molecular flexibility index (Phi) is 4.60. The zero-order valence-electron chi connectivity index (χ0n) is 10.8. The fourth-order valence-electron chi connectivity index (χ4n) is 1.67. The minimum Gasteiger partial charge on any atom is -0.457 e. The van der Waals surface area contributed by atoms with E-state index in [1.54, 1.807) is 4.68 Å². The van der Waals surface area contributed by atoms with Gasteiger partial charge in [0.15, 0.2) is 12.4 Å². The average Bonchev–Trinajstić information content (AvgIpc) is 2.85. The van der Waals surface area contributed by atoms with Gasteiger partial charge in [0.05, 0.1) is 6.42 Å². The predicted octanol–water partition coefficient (Wildman–Crippen LogP) is 1.37. The van der Waals surface area contributed by atoms with Gasteiger partial charge in [0.25, 0.3) is 0 Å². The minimum atomic E-state index is -0.280. The van der Waals surface area contributed by atoms with E-state index in [2.05, 4.69) is 15.5 Å². The fourth-order valence-corrected chi connectivity index (χ4v) is 1.67. The Bertz CT molecular complexity index is 524. The number of tetrazole rings is 1. The first-order valence-corrected chi connectivity index (χ1v) is 6.24. The van der Waals surface area contributed by atoms with Crippen LogP contribution in [0.4, 0.5) is 0 Å². The lowest BCUT2D eigenvalue weighted by Gasteiger charge is -2.05. The molecule has 0 fully saturated rings. The van der Waals surface area contributed by atoms with Gasteiger partial charge < -0.3 is 4.74 Å². The number of hydrogen-bond donors (Lipinski definition) is 0. The van der Waals surface area contributed by atoms with E-state index in [1.807, 2.05) is 37.3 Å². The zero-order valence-corrected chi connectivity index (χ0v) is 10.8. The second kappa shape index (κ2) is 6.63. The highest BCUT2D eigenvalue weighted by molar-refractivity contribution is 5.72. The van der Waals surface area contributed by atoms with Crippen molar-refractivity contribution in [1.82, 2.24) is 20.2 Å². The number of carbonyl (C=O) groups excluding carboxylic acids is 1. The van der Waals surface area contributed by atoms with Crippen LogP contribution in [0.1, 0.15) is 24.7 Å². The molecule has 0 aliphatic carbocycles. The number of benzene rings is 1. The zero-order chi connectivity index (χ0) is 13.5. The Morgan fingerprint density at radius 3 is 2.84 bits per heavy atom. The topological polar surface area (TPSA) is 69.9 Å². The summed E-state index contributed by atoms with van der Waals surface area (Å²) in [5, 5.41) is 11.2. The number of aryl methyl sites for hydroxylation is 1. The lowest BCUT2D eigenvalue weighted by atomic mass is 10.2. The highest BCUT2D eigenvalue weighted by Gasteiger charge is 2.09. The third-order valence-electron chi connectivity index (χ3n) is 2.60. The second-order valence-corrected chi connectivity index (χ2v) is 4.14. The maximum absolute atomic E-state index is 11.7. The highest BCUT2D eigenvalue weighted by Crippen LogP contribution is 2.03. The molecule has 0 radical (unpaired) electrons. The van der Waals surface area contributed by atoms with Crippen LogP contribution in [0.3, 0.4) is 0 Å². The Labute approximate surface area is 111 Å². The summed E-state index contributed by atoms with van der Waals surface area (Å²) in [6.45, 7) is 2.87. The van der Waals surface area contributed by atoms with Gasteiger partial charge in [0.2, 0.25) is 0 Å². The van der Waals surface area contributed by atoms with Gasteiger partial charge in [-0.3, -0.25) is 4.79 Å². The Morgan fingerprint density at radius 2 is 2.11 bits per heavy atom. The van der Waals surface area contributed by atoms with E-state index in [0.717, 1.165) is 18.5 Å². The quantitative estimate of drug-likeness (QED) is 0.734. The summed E-state index contributed by atoms with van der Waals surface area (Å²) in [6, 6.07) is 9.48. The fraction of sp³-hybridized carbons (Fsp3) is 0.385. The van der Waals surface area contributed by atoms with Crippen LogP contribution in [0.5, 0.6) is 0 Å². The normalized spacial score (nSPS) is 10.4. The molecule has 0 atom stereocenters. The number of hydrogen-bond acceptors (Lipinski definition) is 5. The van der Waals surface area contributed by atoms with Crippen LogP contribution in [0, 0.1) is 0 Å². The van der Waals surface area contributed by atoms with Crippen molar-refractivity contribution in [1.29, 1.82) is 0 Å². The Morgan fingerprint density at radius 1 is 1.32 bits per heavy atom. The Balaban J connectivity index is 1.85. The molecule has 0 spiro atoms. The molecule has 0 amide bonds. The highest BCUT2D eigenvalue weighted by atomic mass is 16.5. The van der Waals surface area contributed by atoms with Gasteiger partial charge in [-0.2, -0.15) is 0 Å². The minimum absolute atomic E-state index is 0.110. The molecule has 1 aromatic heterocycles. The molecule has 6 nitrogen and oxygen atoms in total. The number of ether oxygens (including phenoxy) is 1. The molecule has 0 saturated heterocycles. The van der Waals surface area contributed by atoms with E-state index in [-0.39, 0.29) is 19.0 Å². The summed E-state index contributed by atoms with van der Waals surface area (Å²) >= 11 is 0. The molecule has 1 aromatic carbocycles. The first kappa shape index (κ1) is 13.2. The van der Waals surface area contributed by atoms with Gasteiger partial charge in [-0.25, -0.2) is 4.68 Å². The van der Waals surface area contributed by atoms with Crippen molar-refractivity contribution < 1.29 is 9.53 Å². The van der Waals surface area contributed by atoms with Crippen molar-refractivity contribution in [3.63, 3.8) is 0 Å². The van der Waals surface area contributed by atoms with Crippen molar-refractivity contribution in [3.05, 3.63) is 41.7 Å². The molecule has 0 saturated carbocycles. The molecule has 0 aliphatic heterocycles. The summed E-state index contributed by atoms with van der Waals surface area (Å²) in [6.07, 6.45) is 1.19. The first-order valence-electron chi connectivity index (χ1n) is 6.24. The van der Waals surface area contributed by atoms with Crippen LogP contribution in [0.25, 0.3) is 0 Å². The van der Waals surface area contributed by atoms with Gasteiger partial charge >= 0.3 is 5.97 Å². The van der Waals surface area contributed by atoms with Crippen LogP contribution in [0.15, 0.2) is 30.3 Å². The van der Waals surface area contributed by atoms with Crippen LogP contribution < -0.4 is 0 Å². The number of rotatable bonds is 6. The van der Waals surface area contributed by atoms with Gasteiger partial charge in [0.1, 0.15) is 0 Å². The molecule has 6 heteroatoms. The van der Waals surface area contributed by atoms with Crippen LogP contribution in [0.2, 0.25) is 0 Å². The number of carbonyl (C=O) groups is 1. The molecular formula is C13H16N4O2. The van der Waals surface area contributed by atoms with Crippen LogP contribution in [-0.4, -0.2) is 26.2 Å². The standard InChI is InChI=1S/C13H16N4O2/c1-2-8-17-12(14-15-16-17)10-19-13(18)9-11-6-4-3-5-7-11/h3-7H,2,8-10H2,1H3. The SMILES string of the molecule is CCCn1nnnc1COC(=O)Cc1ccccc1. The van der Waals surface area contributed by atoms with Crippen LogP contribution in [-0.2, 0) is 29.1 Å². The van der Waals surface area contributed by atoms with Crippen molar-refractivity contribution in [2.75, 3.05) is 0 Å². The molecule has 2 aromatic rings. The van der Waals surface area contributed by atoms with Gasteiger partial charge in [-0.1, -0.05) is 37.3 Å². The number of nitrogens with zero attached hydrogens (tertiary/aromatic N) is 4. The lowest BCUT2D eigenvalue weighted by molar-refractivity contribution is -0.144. The third kappa shape index (κ3) is 3.87. The monoisotopic (exact) mass is 260 g/mol. The molecule has 1 heterocycles. The van der Waals surface area contributed by atoms with E-state index in [1.165, 1.54) is 0 Å². The average molecular weight is 260 g/mol. The van der Waals surface area contributed by atoms with E-state index in [9.17, 15) is 4.79 Å². The van der Waals surface area contributed by atoms with Crippen molar-refractivity contribution >= 4 is 5.97 Å². The summed E-state index contributed by atoms with van der Waals surface area (Å²) in [7, 11) is 0. The maximum Gasteiger partial charge on any atom is 0.310 e. The largest absolute Gasteiger partial charge is 0.457 e. The third-order valence-corrected chi connectivity index (χ3v) is 2.60. The van der Waals surface area contributed by atoms with E-state index < -0.39 is 0 Å². The molecule has 100 valence electrons. The molecule has 0 unspecified atom stereocenters. The number of aromatic nitrogens is 4. The van der Waals surface area contributed by atoms with Gasteiger partial charge in [-0.15, -0.1) is 5.10 Å². The second-order valence-electron chi connectivity index (χ2n) is 4.14. The first-order chi connectivity index (χ1) is 9.29. The molecule has 0 aliphatic rings. The smallest absolute Gasteiger partial charge is 0.310 e. The van der Waals surface area contributed by atoms with Crippen molar-refractivity contribution in [2.24, 2.45) is 0 Å². The van der Waals surface area contributed by atoms with Crippen LogP contribution >= 0.6 is 0 Å². The summed E-state index contributed by atoms with van der Waals surface area (Å²) in [5.74, 6) is 0.292. The summed E-state index contributed by atoms with van der Waals surface area (Å²) < 4.78 is 6.82. The lowest BCUT2D eigenvalue weighted by Crippen LogP contribution is -2.12. The van der Waals surface area contributed by atoms with E-state index in [0.29, 0.717) is 5.82 Å². The van der Waals surface area contributed by atoms with Gasteiger partial charge in [0, 0.05) is 6.54 Å². The van der Waals surface area contributed by atoms with Gasteiger partial charge in [-0.05, 0) is 22.4 Å². The maximum atomic E-state index is 11.7. The molecular weight excluding hydrogens is 244 g/mol. The van der Waals surface area contributed by atoms with Crippen molar-refractivity contribution in [2.45, 2.75) is 32.9 Å². The molecule has 0 N–H and O–H groups in total. The molecule has 2 rings (SSSR count). The Hall–Kier alpha value is -2.24. The molecule has 0 bridgehead atoms.